The molecule has 0 spiro atoms. The van der Waals surface area contributed by atoms with Crippen LogP contribution >= 0.6 is 12.4 Å². The topological polar surface area (TPSA) is 6.48 Å². The molecule has 2 aliphatic heterocycles. The van der Waals surface area contributed by atoms with Crippen LogP contribution in [-0.4, -0.2) is 36.0 Å². The molecule has 0 amide bonds. The largest absolute Gasteiger partial charge is 0.303 e. The summed E-state index contributed by atoms with van der Waals surface area (Å²) in [6, 6.07) is 24.7. The summed E-state index contributed by atoms with van der Waals surface area (Å²) in [5.41, 5.74) is 4.59. The fourth-order valence-electron chi connectivity index (χ4n) is 5.03. The molecule has 0 N–H and O–H groups in total. The zero-order valence-corrected chi connectivity index (χ0v) is 17.9. The van der Waals surface area contributed by atoms with Crippen molar-refractivity contribution < 1.29 is 0 Å². The van der Waals surface area contributed by atoms with Crippen LogP contribution in [0.4, 0.5) is 0 Å². The molecule has 2 heterocycles. The van der Waals surface area contributed by atoms with E-state index in [0.29, 0.717) is 0 Å². The van der Waals surface area contributed by atoms with Crippen LogP contribution in [0, 0.1) is 0 Å². The van der Waals surface area contributed by atoms with Gasteiger partial charge in [0.15, 0.2) is 0 Å². The molecule has 3 aromatic carbocycles. The SMILES string of the molecule is Cl.c1ccc2c(c1)CN(CCCN1CCC(c3ccc4ccccc4c3)CC1)C2. The highest BCUT2D eigenvalue weighted by atomic mass is 35.5. The van der Waals surface area contributed by atoms with E-state index in [9.17, 15) is 0 Å². The first-order chi connectivity index (χ1) is 13.8. The highest BCUT2D eigenvalue weighted by Gasteiger charge is 2.22. The summed E-state index contributed by atoms with van der Waals surface area (Å²) in [5, 5.41) is 2.74. The summed E-state index contributed by atoms with van der Waals surface area (Å²) < 4.78 is 0. The zero-order chi connectivity index (χ0) is 18.8. The lowest BCUT2D eigenvalue weighted by Gasteiger charge is -2.32. The van der Waals surface area contributed by atoms with Gasteiger partial charge in [0.05, 0.1) is 0 Å². The van der Waals surface area contributed by atoms with Crippen LogP contribution in [0.25, 0.3) is 10.8 Å². The fraction of sp³-hybridized carbons (Fsp3) is 0.385. The summed E-state index contributed by atoms with van der Waals surface area (Å²) >= 11 is 0. The minimum Gasteiger partial charge on any atom is -0.303 e. The molecular weight excluding hydrogens is 376 g/mol. The number of fused-ring (bicyclic) bond motifs is 2. The second-order valence-corrected chi connectivity index (χ2v) is 8.56. The maximum absolute atomic E-state index is 2.68. The van der Waals surface area contributed by atoms with Crippen molar-refractivity contribution in [1.29, 1.82) is 0 Å². The van der Waals surface area contributed by atoms with Gasteiger partial charge in [0.2, 0.25) is 0 Å². The highest BCUT2D eigenvalue weighted by Crippen LogP contribution is 2.30. The van der Waals surface area contributed by atoms with Crippen LogP contribution in [-0.2, 0) is 13.1 Å². The van der Waals surface area contributed by atoms with Crippen molar-refractivity contribution in [3.05, 3.63) is 83.4 Å². The lowest BCUT2D eigenvalue weighted by molar-refractivity contribution is 0.192. The number of benzene rings is 3. The molecule has 0 aliphatic carbocycles. The first kappa shape index (κ1) is 20.4. The maximum Gasteiger partial charge on any atom is 0.0240 e. The third-order valence-corrected chi connectivity index (χ3v) is 6.69. The standard InChI is InChI=1S/C26H30N2.ClH/c1-2-7-23-18-24(11-10-21(23)6-1)22-12-16-27(17-13-22)14-5-15-28-19-25-8-3-4-9-26(25)20-28;/h1-4,6-11,18,22H,5,12-17,19-20H2;1H. The first-order valence-electron chi connectivity index (χ1n) is 10.9. The molecule has 1 fully saturated rings. The molecule has 0 saturated carbocycles. The van der Waals surface area contributed by atoms with Gasteiger partial charge in [-0.2, -0.15) is 0 Å². The molecule has 0 bridgehead atoms. The molecule has 0 atom stereocenters. The Hall–Kier alpha value is -1.87. The van der Waals surface area contributed by atoms with E-state index in [1.165, 1.54) is 72.9 Å². The molecule has 0 unspecified atom stereocenters. The van der Waals surface area contributed by atoms with E-state index in [4.69, 9.17) is 0 Å². The highest BCUT2D eigenvalue weighted by molar-refractivity contribution is 5.85. The Morgan fingerprint density at radius 3 is 2.03 bits per heavy atom. The number of likely N-dealkylation sites (tertiary alicyclic amines) is 1. The molecule has 1 saturated heterocycles. The van der Waals surface area contributed by atoms with Gasteiger partial charge in [-0.25, -0.2) is 0 Å². The van der Waals surface area contributed by atoms with Gasteiger partial charge in [0, 0.05) is 19.6 Å². The van der Waals surface area contributed by atoms with Gasteiger partial charge in [0.25, 0.3) is 0 Å². The van der Waals surface area contributed by atoms with E-state index in [0.717, 1.165) is 19.0 Å². The van der Waals surface area contributed by atoms with E-state index in [2.05, 4.69) is 76.5 Å². The third kappa shape index (κ3) is 4.66. The lowest BCUT2D eigenvalue weighted by atomic mass is 9.88. The third-order valence-electron chi connectivity index (χ3n) is 6.69. The number of piperidine rings is 1. The smallest absolute Gasteiger partial charge is 0.0240 e. The van der Waals surface area contributed by atoms with Crippen molar-refractivity contribution in [3.63, 3.8) is 0 Å². The second kappa shape index (κ2) is 9.30. The van der Waals surface area contributed by atoms with Crippen LogP contribution in [0.2, 0.25) is 0 Å². The number of hydrogen-bond donors (Lipinski definition) is 0. The predicted octanol–water partition coefficient (Wildman–Crippen LogP) is 5.85. The van der Waals surface area contributed by atoms with Crippen molar-refractivity contribution in [2.45, 2.75) is 38.3 Å². The number of rotatable bonds is 5. The Balaban J connectivity index is 0.00000205. The van der Waals surface area contributed by atoms with Crippen LogP contribution < -0.4 is 0 Å². The molecule has 152 valence electrons. The maximum atomic E-state index is 2.68. The number of hydrogen-bond acceptors (Lipinski definition) is 2. The molecule has 5 rings (SSSR count). The normalized spacial score (nSPS) is 17.9. The van der Waals surface area contributed by atoms with Gasteiger partial charge in [-0.1, -0.05) is 66.7 Å². The monoisotopic (exact) mass is 406 g/mol. The molecule has 3 aromatic rings. The summed E-state index contributed by atoms with van der Waals surface area (Å²) in [7, 11) is 0. The van der Waals surface area contributed by atoms with Gasteiger partial charge in [0.1, 0.15) is 0 Å². The Morgan fingerprint density at radius 1 is 0.690 bits per heavy atom. The molecule has 2 aliphatic rings. The summed E-state index contributed by atoms with van der Waals surface area (Å²) in [6.45, 7) is 7.24. The average molecular weight is 407 g/mol. The second-order valence-electron chi connectivity index (χ2n) is 8.56. The molecule has 29 heavy (non-hydrogen) atoms. The zero-order valence-electron chi connectivity index (χ0n) is 17.1. The van der Waals surface area contributed by atoms with E-state index in [1.807, 2.05) is 0 Å². The first-order valence-corrected chi connectivity index (χ1v) is 10.9. The Labute approximate surface area is 180 Å². The van der Waals surface area contributed by atoms with Gasteiger partial charge in [-0.05, 0) is 72.3 Å². The summed E-state index contributed by atoms with van der Waals surface area (Å²) in [5.74, 6) is 0.730. The van der Waals surface area contributed by atoms with Gasteiger partial charge >= 0.3 is 0 Å². The van der Waals surface area contributed by atoms with Crippen molar-refractivity contribution in [2.75, 3.05) is 26.2 Å². The summed E-state index contributed by atoms with van der Waals surface area (Å²) in [6.07, 6.45) is 3.88. The molecule has 0 aromatic heterocycles. The Bertz CT molecular complexity index is 921. The van der Waals surface area contributed by atoms with E-state index >= 15 is 0 Å². The fourth-order valence-corrected chi connectivity index (χ4v) is 5.03. The van der Waals surface area contributed by atoms with Crippen molar-refractivity contribution in [1.82, 2.24) is 9.80 Å². The van der Waals surface area contributed by atoms with Crippen LogP contribution in [0.15, 0.2) is 66.7 Å². The van der Waals surface area contributed by atoms with E-state index < -0.39 is 0 Å². The number of halogens is 1. The quantitative estimate of drug-likeness (QED) is 0.524. The van der Waals surface area contributed by atoms with Crippen molar-refractivity contribution in [2.24, 2.45) is 0 Å². The van der Waals surface area contributed by atoms with Crippen LogP contribution in [0.3, 0.4) is 0 Å². The van der Waals surface area contributed by atoms with Crippen molar-refractivity contribution in [3.8, 4) is 0 Å². The summed E-state index contributed by atoms with van der Waals surface area (Å²) in [4.78, 5) is 5.28. The average Bonchev–Trinajstić information content (AvgIpc) is 3.17. The van der Waals surface area contributed by atoms with Crippen molar-refractivity contribution >= 4 is 23.2 Å². The Morgan fingerprint density at radius 2 is 1.31 bits per heavy atom. The van der Waals surface area contributed by atoms with Gasteiger partial charge < -0.3 is 4.90 Å². The predicted molar refractivity (Wildman–Crippen MR) is 125 cm³/mol. The molecule has 0 radical (unpaired) electrons. The number of nitrogens with zero attached hydrogens (tertiary/aromatic N) is 2. The Kier molecular flexibility index (Phi) is 6.54. The van der Waals surface area contributed by atoms with E-state index in [-0.39, 0.29) is 12.4 Å². The molecule has 2 nitrogen and oxygen atoms in total. The molecular formula is C26H31ClN2. The minimum absolute atomic E-state index is 0. The van der Waals surface area contributed by atoms with E-state index in [1.54, 1.807) is 0 Å². The molecule has 3 heteroatoms. The van der Waals surface area contributed by atoms with Crippen LogP contribution in [0.1, 0.15) is 41.9 Å². The lowest BCUT2D eigenvalue weighted by Crippen LogP contribution is -2.35. The van der Waals surface area contributed by atoms with Crippen LogP contribution in [0.5, 0.6) is 0 Å². The van der Waals surface area contributed by atoms with Gasteiger partial charge in [-0.3, -0.25) is 4.90 Å². The minimum atomic E-state index is 0. The van der Waals surface area contributed by atoms with Gasteiger partial charge in [-0.15, -0.1) is 12.4 Å².